The van der Waals surface area contributed by atoms with Crippen LogP contribution in [-0.2, 0) is 0 Å². The molecule has 0 spiro atoms. The van der Waals surface area contributed by atoms with Gasteiger partial charge in [0.05, 0.1) is 15.0 Å². The van der Waals surface area contributed by atoms with Crippen LogP contribution in [0.15, 0.2) is 40.1 Å². The van der Waals surface area contributed by atoms with E-state index in [4.69, 9.17) is 9.15 Å². The third-order valence-electron chi connectivity index (χ3n) is 2.15. The fourth-order valence-corrected chi connectivity index (χ4v) is 2.16. The molecule has 2 aromatic rings. The van der Waals surface area contributed by atoms with E-state index in [2.05, 4.69) is 6.58 Å². The van der Waals surface area contributed by atoms with Crippen molar-refractivity contribution in [3.05, 3.63) is 44.8 Å². The van der Waals surface area contributed by atoms with E-state index in [-0.39, 0.29) is 5.75 Å². The molecule has 0 unspecified atom stereocenters. The number of benzene rings is 1. The summed E-state index contributed by atoms with van der Waals surface area (Å²) in [4.78, 5) is 11.2. The molecule has 0 saturated carbocycles. The van der Waals surface area contributed by atoms with E-state index < -0.39 is 5.63 Å². The maximum Gasteiger partial charge on any atom is 0.339 e. The Morgan fingerprint density at radius 3 is 3.00 bits per heavy atom. The van der Waals surface area contributed by atoms with Crippen molar-refractivity contribution in [1.82, 2.24) is 0 Å². The molecule has 1 aromatic carbocycles. The molecule has 17 heavy (non-hydrogen) atoms. The monoisotopic (exact) mass is 344 g/mol. The Balaban J connectivity index is 2.66. The van der Waals surface area contributed by atoms with Crippen LogP contribution in [-0.4, -0.2) is 11.7 Å². The third kappa shape index (κ3) is 2.28. The normalized spacial score (nSPS) is 10.4. The molecular formula is C12H9IO4. The molecule has 0 saturated heterocycles. The maximum atomic E-state index is 11.2. The first kappa shape index (κ1) is 12.0. The lowest BCUT2D eigenvalue weighted by Gasteiger charge is -2.08. The summed E-state index contributed by atoms with van der Waals surface area (Å²) in [6.45, 7) is 3.92. The number of hydrogen-bond donors (Lipinski definition) is 1. The van der Waals surface area contributed by atoms with Gasteiger partial charge in [0.15, 0.2) is 5.58 Å². The van der Waals surface area contributed by atoms with Gasteiger partial charge in [-0.2, -0.15) is 0 Å². The largest absolute Gasteiger partial charge is 0.507 e. The minimum atomic E-state index is -0.589. The zero-order valence-electron chi connectivity index (χ0n) is 8.77. The summed E-state index contributed by atoms with van der Waals surface area (Å²) in [5, 5.41) is 10.1. The molecule has 0 aliphatic carbocycles. The minimum Gasteiger partial charge on any atom is -0.507 e. The molecular weight excluding hydrogens is 335 g/mol. The van der Waals surface area contributed by atoms with Crippen LogP contribution < -0.4 is 10.4 Å². The highest BCUT2D eigenvalue weighted by Crippen LogP contribution is 2.32. The van der Waals surface area contributed by atoms with E-state index in [1.807, 2.05) is 22.6 Å². The molecule has 4 nitrogen and oxygen atoms in total. The van der Waals surface area contributed by atoms with E-state index in [0.717, 1.165) is 6.07 Å². The van der Waals surface area contributed by atoms with Crippen LogP contribution in [0.1, 0.15) is 0 Å². The summed E-state index contributed by atoms with van der Waals surface area (Å²) >= 11 is 2.01. The Kier molecular flexibility index (Phi) is 3.37. The van der Waals surface area contributed by atoms with Crippen molar-refractivity contribution >= 4 is 33.6 Å². The fourth-order valence-electron chi connectivity index (χ4n) is 1.42. The summed E-state index contributed by atoms with van der Waals surface area (Å²) in [7, 11) is 0. The maximum absolute atomic E-state index is 11.2. The number of aromatic hydroxyl groups is 1. The zero-order valence-corrected chi connectivity index (χ0v) is 10.9. The lowest BCUT2D eigenvalue weighted by atomic mass is 10.2. The first-order valence-electron chi connectivity index (χ1n) is 4.82. The second-order valence-electron chi connectivity index (χ2n) is 3.30. The van der Waals surface area contributed by atoms with Gasteiger partial charge in [-0.25, -0.2) is 4.79 Å². The molecule has 0 amide bonds. The van der Waals surface area contributed by atoms with Crippen molar-refractivity contribution < 1.29 is 14.3 Å². The summed E-state index contributed by atoms with van der Waals surface area (Å²) in [6, 6.07) is 4.41. The van der Waals surface area contributed by atoms with Crippen LogP contribution in [0.3, 0.4) is 0 Å². The van der Waals surface area contributed by atoms with Crippen LogP contribution in [0.4, 0.5) is 0 Å². The highest BCUT2D eigenvalue weighted by Gasteiger charge is 2.12. The number of ether oxygens (including phenoxy) is 1. The van der Waals surface area contributed by atoms with Gasteiger partial charge in [-0.1, -0.05) is 12.7 Å². The first-order chi connectivity index (χ1) is 8.13. The van der Waals surface area contributed by atoms with E-state index in [1.54, 1.807) is 18.2 Å². The van der Waals surface area contributed by atoms with Gasteiger partial charge in [0.2, 0.25) is 0 Å². The molecule has 0 fully saturated rings. The Morgan fingerprint density at radius 2 is 2.29 bits per heavy atom. The highest BCUT2D eigenvalue weighted by atomic mass is 127. The lowest BCUT2D eigenvalue weighted by molar-refractivity contribution is 0.360. The first-order valence-corrected chi connectivity index (χ1v) is 5.90. The van der Waals surface area contributed by atoms with Gasteiger partial charge < -0.3 is 14.3 Å². The molecule has 0 aliphatic rings. The van der Waals surface area contributed by atoms with Crippen molar-refractivity contribution in [2.45, 2.75) is 0 Å². The average molecular weight is 344 g/mol. The predicted molar refractivity (Wildman–Crippen MR) is 72.6 cm³/mol. The molecule has 2 rings (SSSR count). The van der Waals surface area contributed by atoms with Crippen LogP contribution in [0.25, 0.3) is 11.0 Å². The van der Waals surface area contributed by atoms with Crippen LogP contribution in [0.5, 0.6) is 11.5 Å². The van der Waals surface area contributed by atoms with Crippen LogP contribution >= 0.6 is 22.6 Å². The molecule has 1 aromatic heterocycles. The van der Waals surface area contributed by atoms with Crippen molar-refractivity contribution in [2.24, 2.45) is 0 Å². The Hall–Kier alpha value is -1.50. The van der Waals surface area contributed by atoms with Gasteiger partial charge in [0.1, 0.15) is 18.1 Å². The molecule has 1 heterocycles. The second kappa shape index (κ2) is 4.79. The summed E-state index contributed by atoms with van der Waals surface area (Å²) in [5.41, 5.74) is -0.258. The molecule has 0 radical (unpaired) electrons. The highest BCUT2D eigenvalue weighted by molar-refractivity contribution is 14.1. The van der Waals surface area contributed by atoms with Gasteiger partial charge in [0.25, 0.3) is 0 Å². The Labute approximate surface area is 111 Å². The third-order valence-corrected chi connectivity index (χ3v) is 3.17. The van der Waals surface area contributed by atoms with Crippen molar-refractivity contribution in [3.8, 4) is 11.5 Å². The minimum absolute atomic E-state index is 0.0931. The van der Waals surface area contributed by atoms with Gasteiger partial charge in [-0.05, 0) is 34.7 Å². The molecule has 0 aliphatic heterocycles. The molecule has 1 N–H and O–H groups in total. The van der Waals surface area contributed by atoms with E-state index in [0.29, 0.717) is 26.9 Å². The standard InChI is InChI=1S/C12H9IO4/c1-2-5-16-9-4-3-7-8(14)6-10(15)17-12(7)11(9)13/h2-4,6,14H,1,5H2. The second-order valence-corrected chi connectivity index (χ2v) is 4.38. The van der Waals surface area contributed by atoms with E-state index in [1.165, 1.54) is 0 Å². The van der Waals surface area contributed by atoms with Crippen molar-refractivity contribution in [2.75, 3.05) is 6.61 Å². The Bertz CT molecular complexity index is 630. The molecule has 0 bridgehead atoms. The lowest BCUT2D eigenvalue weighted by Crippen LogP contribution is -1.99. The van der Waals surface area contributed by atoms with E-state index >= 15 is 0 Å². The molecule has 88 valence electrons. The molecule has 5 heteroatoms. The number of rotatable bonds is 3. The van der Waals surface area contributed by atoms with Crippen LogP contribution in [0.2, 0.25) is 0 Å². The number of hydrogen-bond acceptors (Lipinski definition) is 4. The van der Waals surface area contributed by atoms with Gasteiger partial charge in [0, 0.05) is 0 Å². The van der Waals surface area contributed by atoms with E-state index in [9.17, 15) is 9.90 Å². The van der Waals surface area contributed by atoms with Crippen molar-refractivity contribution in [3.63, 3.8) is 0 Å². The average Bonchev–Trinajstić information content (AvgIpc) is 2.29. The Morgan fingerprint density at radius 1 is 1.53 bits per heavy atom. The van der Waals surface area contributed by atoms with Gasteiger partial charge >= 0.3 is 5.63 Å². The number of fused-ring (bicyclic) bond motifs is 1. The smallest absolute Gasteiger partial charge is 0.339 e. The topological polar surface area (TPSA) is 59.7 Å². The molecule has 0 atom stereocenters. The van der Waals surface area contributed by atoms with Crippen LogP contribution in [0, 0.1) is 3.57 Å². The zero-order chi connectivity index (χ0) is 12.4. The summed E-state index contributed by atoms with van der Waals surface area (Å²) < 4.78 is 11.1. The van der Waals surface area contributed by atoms with Crippen molar-refractivity contribution in [1.29, 1.82) is 0 Å². The van der Waals surface area contributed by atoms with Gasteiger partial charge in [-0.3, -0.25) is 0 Å². The predicted octanol–water partition coefficient (Wildman–Crippen LogP) is 2.67. The SMILES string of the molecule is C=CCOc1ccc2c(O)cc(=O)oc2c1I. The summed E-state index contributed by atoms with van der Waals surface area (Å²) in [5.74, 6) is 0.496. The summed E-state index contributed by atoms with van der Waals surface area (Å²) in [6.07, 6.45) is 1.62. The van der Waals surface area contributed by atoms with Gasteiger partial charge in [-0.15, -0.1) is 0 Å². The number of halogens is 1. The quantitative estimate of drug-likeness (QED) is 0.528. The fraction of sp³-hybridized carbons (Fsp3) is 0.0833.